The van der Waals surface area contributed by atoms with E-state index in [1.54, 1.807) is 6.26 Å². The second-order valence-electron chi connectivity index (χ2n) is 9.81. The Bertz CT molecular complexity index is 711. The van der Waals surface area contributed by atoms with E-state index < -0.39 is 0 Å². The minimum atomic E-state index is 0.000314. The summed E-state index contributed by atoms with van der Waals surface area (Å²) in [4.78, 5) is 15.1. The van der Waals surface area contributed by atoms with Gasteiger partial charge in [0.05, 0.1) is 12.2 Å². The molecule has 0 aromatic carbocycles. The van der Waals surface area contributed by atoms with Gasteiger partial charge in [-0.2, -0.15) is 0 Å². The number of nitrogens with zero attached hydrogens (tertiary/aromatic N) is 1. The molecule has 3 aliphatic rings. The van der Waals surface area contributed by atoms with Gasteiger partial charge in [0.1, 0.15) is 11.9 Å². The number of furan rings is 1. The van der Waals surface area contributed by atoms with Crippen molar-refractivity contribution >= 4 is 5.97 Å². The van der Waals surface area contributed by atoms with Crippen molar-refractivity contribution in [1.29, 1.82) is 0 Å². The van der Waals surface area contributed by atoms with Crippen LogP contribution < -0.4 is 0 Å². The standard InChI is InChI=1S/C24H35NO3/c1-16-7-5-11-24(3)14-22-19(13-21(16)24)20(23(26)28-22)15-25(4)17(2)9-10-18-8-6-12-27-18/h6,8,12,17,19-22H,1,5,7,9-11,13-15H2,2-4H3/t17-,19+,20+,21+,22-,24-/m1/s1. The van der Waals surface area contributed by atoms with Crippen molar-refractivity contribution in [3.63, 3.8) is 0 Å². The van der Waals surface area contributed by atoms with Gasteiger partial charge < -0.3 is 14.1 Å². The van der Waals surface area contributed by atoms with E-state index in [0.29, 0.717) is 17.9 Å². The molecule has 2 aliphatic carbocycles. The van der Waals surface area contributed by atoms with Crippen LogP contribution in [0.5, 0.6) is 0 Å². The molecule has 4 heteroatoms. The molecule has 1 aromatic heterocycles. The summed E-state index contributed by atoms with van der Waals surface area (Å²) in [6, 6.07) is 4.37. The van der Waals surface area contributed by atoms with Crippen molar-refractivity contribution in [3.05, 3.63) is 36.3 Å². The van der Waals surface area contributed by atoms with E-state index >= 15 is 0 Å². The predicted octanol–water partition coefficient (Wildman–Crippen LogP) is 4.85. The van der Waals surface area contributed by atoms with Gasteiger partial charge in [0.15, 0.2) is 0 Å². The SMILES string of the molecule is C=C1CCC[C@]2(C)C[C@H]3OC(=O)[C@@H](CN(C)[C@H](C)CCc4ccco4)[C@@H]3C[C@@H]12. The maximum Gasteiger partial charge on any atom is 0.310 e. The van der Waals surface area contributed by atoms with Crippen LogP contribution in [0.2, 0.25) is 0 Å². The van der Waals surface area contributed by atoms with Gasteiger partial charge in [0, 0.05) is 24.9 Å². The molecule has 154 valence electrons. The zero-order valence-electron chi connectivity index (χ0n) is 17.7. The second-order valence-corrected chi connectivity index (χ2v) is 9.81. The van der Waals surface area contributed by atoms with Crippen LogP contribution in [0.3, 0.4) is 0 Å². The average molecular weight is 386 g/mol. The average Bonchev–Trinajstić information content (AvgIpc) is 3.26. The van der Waals surface area contributed by atoms with Crippen molar-refractivity contribution in [2.75, 3.05) is 13.6 Å². The largest absolute Gasteiger partial charge is 0.469 e. The smallest absolute Gasteiger partial charge is 0.310 e. The predicted molar refractivity (Wildman–Crippen MR) is 110 cm³/mol. The van der Waals surface area contributed by atoms with E-state index in [0.717, 1.165) is 44.4 Å². The number of hydrogen-bond donors (Lipinski definition) is 0. The first kappa shape index (κ1) is 19.8. The third-order valence-electron chi connectivity index (χ3n) is 7.95. The van der Waals surface area contributed by atoms with Crippen LogP contribution in [0, 0.1) is 23.2 Å². The summed E-state index contributed by atoms with van der Waals surface area (Å²) in [5, 5.41) is 0. The molecule has 0 N–H and O–H groups in total. The summed E-state index contributed by atoms with van der Waals surface area (Å²) >= 11 is 0. The van der Waals surface area contributed by atoms with E-state index in [4.69, 9.17) is 9.15 Å². The zero-order valence-corrected chi connectivity index (χ0v) is 17.7. The van der Waals surface area contributed by atoms with Crippen LogP contribution in [-0.4, -0.2) is 36.6 Å². The molecule has 1 saturated heterocycles. The summed E-state index contributed by atoms with van der Waals surface area (Å²) in [6.45, 7) is 9.81. The molecule has 6 atom stereocenters. The van der Waals surface area contributed by atoms with Gasteiger partial charge in [0.2, 0.25) is 0 Å². The molecule has 1 aliphatic heterocycles. The quantitative estimate of drug-likeness (QED) is 0.519. The first-order valence-electron chi connectivity index (χ1n) is 11.0. The van der Waals surface area contributed by atoms with Crippen molar-refractivity contribution in [1.82, 2.24) is 4.90 Å². The third-order valence-corrected chi connectivity index (χ3v) is 7.95. The topological polar surface area (TPSA) is 42.7 Å². The van der Waals surface area contributed by atoms with Gasteiger partial charge in [-0.05, 0) is 76.0 Å². The van der Waals surface area contributed by atoms with Crippen LogP contribution in [0.1, 0.15) is 58.1 Å². The zero-order chi connectivity index (χ0) is 19.9. The maximum absolute atomic E-state index is 12.7. The first-order valence-corrected chi connectivity index (χ1v) is 11.0. The van der Waals surface area contributed by atoms with E-state index in [1.807, 2.05) is 12.1 Å². The molecule has 0 bridgehead atoms. The van der Waals surface area contributed by atoms with E-state index in [9.17, 15) is 4.79 Å². The molecule has 28 heavy (non-hydrogen) atoms. The van der Waals surface area contributed by atoms with Crippen molar-refractivity contribution < 1.29 is 13.9 Å². The van der Waals surface area contributed by atoms with Crippen molar-refractivity contribution in [2.24, 2.45) is 23.2 Å². The minimum Gasteiger partial charge on any atom is -0.469 e. The van der Waals surface area contributed by atoms with Crippen LogP contribution in [0.15, 0.2) is 35.0 Å². The second kappa shape index (κ2) is 7.70. The fraction of sp³-hybridized carbons (Fsp3) is 0.708. The Labute approximate surface area is 169 Å². The lowest BCUT2D eigenvalue weighted by molar-refractivity contribution is -0.146. The molecule has 2 saturated carbocycles. The number of aryl methyl sites for hydroxylation is 1. The number of carbonyl (C=O) groups is 1. The Balaban J connectivity index is 1.39. The Morgan fingerprint density at radius 1 is 1.43 bits per heavy atom. The summed E-state index contributed by atoms with van der Waals surface area (Å²) in [7, 11) is 2.14. The summed E-state index contributed by atoms with van der Waals surface area (Å²) in [5.74, 6) is 1.96. The molecule has 3 fully saturated rings. The molecular formula is C24H35NO3. The van der Waals surface area contributed by atoms with Gasteiger partial charge in [-0.3, -0.25) is 4.79 Å². The number of esters is 1. The highest BCUT2D eigenvalue weighted by Crippen LogP contribution is 2.56. The molecule has 0 amide bonds. The summed E-state index contributed by atoms with van der Waals surface area (Å²) < 4.78 is 11.4. The van der Waals surface area contributed by atoms with Crippen molar-refractivity contribution in [3.8, 4) is 0 Å². The van der Waals surface area contributed by atoms with Crippen LogP contribution in [0.25, 0.3) is 0 Å². The number of hydrogen-bond acceptors (Lipinski definition) is 4. The highest BCUT2D eigenvalue weighted by molar-refractivity contribution is 5.75. The van der Waals surface area contributed by atoms with Crippen LogP contribution >= 0.6 is 0 Å². The number of carbonyl (C=O) groups excluding carboxylic acids is 1. The van der Waals surface area contributed by atoms with Crippen LogP contribution in [0.4, 0.5) is 0 Å². The lowest BCUT2D eigenvalue weighted by Gasteiger charge is -2.50. The van der Waals surface area contributed by atoms with E-state index in [1.165, 1.54) is 18.4 Å². The lowest BCUT2D eigenvalue weighted by atomic mass is 9.55. The molecular weight excluding hydrogens is 350 g/mol. The minimum absolute atomic E-state index is 0.000314. The van der Waals surface area contributed by atoms with Crippen LogP contribution in [-0.2, 0) is 16.0 Å². The molecule has 0 unspecified atom stereocenters. The highest BCUT2D eigenvalue weighted by Gasteiger charge is 2.55. The molecule has 4 nitrogen and oxygen atoms in total. The van der Waals surface area contributed by atoms with Gasteiger partial charge in [0.25, 0.3) is 0 Å². The van der Waals surface area contributed by atoms with Crippen molar-refractivity contribution in [2.45, 2.75) is 70.9 Å². The first-order chi connectivity index (χ1) is 13.4. The normalized spacial score (nSPS) is 36.1. The van der Waals surface area contributed by atoms with E-state index in [2.05, 4.69) is 32.4 Å². The number of ether oxygens (including phenoxy) is 1. The molecule has 2 heterocycles. The number of fused-ring (bicyclic) bond motifs is 2. The van der Waals surface area contributed by atoms with Gasteiger partial charge in [-0.25, -0.2) is 0 Å². The molecule has 0 radical (unpaired) electrons. The Morgan fingerprint density at radius 3 is 3.00 bits per heavy atom. The summed E-state index contributed by atoms with van der Waals surface area (Å²) in [5.41, 5.74) is 1.68. The van der Waals surface area contributed by atoms with Gasteiger partial charge in [-0.15, -0.1) is 0 Å². The highest BCUT2D eigenvalue weighted by atomic mass is 16.6. The van der Waals surface area contributed by atoms with Gasteiger partial charge in [-0.1, -0.05) is 19.1 Å². The Hall–Kier alpha value is -1.55. The van der Waals surface area contributed by atoms with E-state index in [-0.39, 0.29) is 23.4 Å². The number of allylic oxidation sites excluding steroid dienone is 1. The number of rotatable bonds is 6. The Morgan fingerprint density at radius 2 is 2.25 bits per heavy atom. The monoisotopic (exact) mass is 385 g/mol. The third kappa shape index (κ3) is 3.68. The molecule has 1 aromatic rings. The Kier molecular flexibility index (Phi) is 5.43. The maximum atomic E-state index is 12.7. The molecule has 0 spiro atoms. The summed E-state index contributed by atoms with van der Waals surface area (Å²) in [6.07, 6.45) is 9.51. The fourth-order valence-corrected chi connectivity index (χ4v) is 5.98. The van der Waals surface area contributed by atoms with Gasteiger partial charge >= 0.3 is 5.97 Å². The fourth-order valence-electron chi connectivity index (χ4n) is 5.98. The lowest BCUT2D eigenvalue weighted by Crippen LogP contribution is -2.46. The molecule has 4 rings (SSSR count).